The Hall–Kier alpha value is -1.68. The monoisotopic (exact) mass is 221 g/mol. The molecule has 0 saturated carbocycles. The van der Waals surface area contributed by atoms with Gasteiger partial charge in [0.1, 0.15) is 19.0 Å². The molecule has 4 heteroatoms. The molecule has 1 aromatic rings. The maximum atomic E-state index is 5.50. The summed E-state index contributed by atoms with van der Waals surface area (Å²) in [7, 11) is 1.63. The molecule has 86 valence electrons. The van der Waals surface area contributed by atoms with E-state index in [-0.39, 0.29) is 0 Å². The van der Waals surface area contributed by atoms with E-state index in [9.17, 15) is 0 Å². The molecule has 0 bridgehead atoms. The molecule has 0 amide bonds. The number of fused-ring (bicyclic) bond motifs is 1. The fourth-order valence-corrected chi connectivity index (χ4v) is 1.59. The molecular weight excluding hydrogens is 206 g/mol. The zero-order valence-electron chi connectivity index (χ0n) is 9.23. The summed E-state index contributed by atoms with van der Waals surface area (Å²) in [5.41, 5.74) is 6.36. The van der Waals surface area contributed by atoms with E-state index in [1.165, 1.54) is 0 Å². The zero-order chi connectivity index (χ0) is 11.4. The molecule has 0 aromatic heterocycles. The van der Waals surface area contributed by atoms with Crippen LogP contribution in [-0.2, 0) is 0 Å². The summed E-state index contributed by atoms with van der Waals surface area (Å²) in [6.45, 7) is 1.66. The van der Waals surface area contributed by atoms with Crippen molar-refractivity contribution in [2.24, 2.45) is 5.73 Å². The second kappa shape index (κ2) is 4.90. The molecule has 0 aliphatic carbocycles. The summed E-state index contributed by atoms with van der Waals surface area (Å²) in [6.07, 6.45) is 3.78. The Morgan fingerprint density at radius 1 is 1.31 bits per heavy atom. The average Bonchev–Trinajstić information content (AvgIpc) is 2.35. The molecule has 1 aromatic carbocycles. The van der Waals surface area contributed by atoms with Crippen LogP contribution in [0.1, 0.15) is 5.56 Å². The van der Waals surface area contributed by atoms with Crippen molar-refractivity contribution in [3.8, 4) is 17.2 Å². The third kappa shape index (κ3) is 2.12. The van der Waals surface area contributed by atoms with Gasteiger partial charge in [-0.25, -0.2) is 0 Å². The first-order chi connectivity index (χ1) is 7.85. The van der Waals surface area contributed by atoms with E-state index in [1.54, 1.807) is 7.11 Å². The number of methoxy groups -OCH3 is 1. The summed E-state index contributed by atoms with van der Waals surface area (Å²) >= 11 is 0. The van der Waals surface area contributed by atoms with Crippen LogP contribution in [0.25, 0.3) is 6.08 Å². The molecule has 2 rings (SSSR count). The zero-order valence-corrected chi connectivity index (χ0v) is 9.23. The van der Waals surface area contributed by atoms with E-state index in [4.69, 9.17) is 19.9 Å². The van der Waals surface area contributed by atoms with Crippen LogP contribution in [0.4, 0.5) is 0 Å². The number of rotatable bonds is 3. The summed E-state index contributed by atoms with van der Waals surface area (Å²) in [5, 5.41) is 0. The SMILES string of the molecule is COc1cc2c(cc1/C=C/CN)OCCO2. The summed E-state index contributed by atoms with van der Waals surface area (Å²) in [4.78, 5) is 0. The van der Waals surface area contributed by atoms with E-state index < -0.39 is 0 Å². The topological polar surface area (TPSA) is 53.7 Å². The van der Waals surface area contributed by atoms with Crippen molar-refractivity contribution in [1.29, 1.82) is 0 Å². The molecule has 1 aliphatic heterocycles. The average molecular weight is 221 g/mol. The van der Waals surface area contributed by atoms with Gasteiger partial charge in [-0.3, -0.25) is 0 Å². The third-order valence-electron chi connectivity index (χ3n) is 2.33. The highest BCUT2D eigenvalue weighted by atomic mass is 16.6. The molecule has 1 aliphatic rings. The number of hydrogen-bond acceptors (Lipinski definition) is 4. The highest BCUT2D eigenvalue weighted by molar-refractivity contribution is 5.63. The first-order valence-electron chi connectivity index (χ1n) is 5.19. The van der Waals surface area contributed by atoms with Gasteiger partial charge in [0.2, 0.25) is 0 Å². The van der Waals surface area contributed by atoms with Crippen molar-refractivity contribution in [2.75, 3.05) is 26.9 Å². The molecular formula is C12H15NO3. The van der Waals surface area contributed by atoms with E-state index >= 15 is 0 Å². The van der Waals surface area contributed by atoms with Crippen LogP contribution in [0.2, 0.25) is 0 Å². The first kappa shape index (κ1) is 10.8. The van der Waals surface area contributed by atoms with E-state index in [0.29, 0.717) is 19.8 Å². The Kier molecular flexibility index (Phi) is 3.31. The lowest BCUT2D eigenvalue weighted by Crippen LogP contribution is -2.15. The van der Waals surface area contributed by atoms with Gasteiger partial charge in [-0.05, 0) is 6.07 Å². The molecule has 0 fully saturated rings. The van der Waals surface area contributed by atoms with Crippen LogP contribution in [0.3, 0.4) is 0 Å². The molecule has 0 atom stereocenters. The number of ether oxygens (including phenoxy) is 3. The largest absolute Gasteiger partial charge is 0.496 e. The maximum Gasteiger partial charge on any atom is 0.165 e. The predicted octanol–water partition coefficient (Wildman–Crippen LogP) is 1.44. The van der Waals surface area contributed by atoms with Crippen molar-refractivity contribution >= 4 is 6.08 Å². The van der Waals surface area contributed by atoms with Gasteiger partial charge < -0.3 is 19.9 Å². The first-order valence-corrected chi connectivity index (χ1v) is 5.19. The Balaban J connectivity index is 2.39. The van der Waals surface area contributed by atoms with Gasteiger partial charge in [-0.1, -0.05) is 12.2 Å². The van der Waals surface area contributed by atoms with Crippen molar-refractivity contribution in [3.05, 3.63) is 23.8 Å². The normalized spacial score (nSPS) is 14.1. The van der Waals surface area contributed by atoms with Gasteiger partial charge in [0.05, 0.1) is 7.11 Å². The lowest BCUT2D eigenvalue weighted by atomic mass is 10.1. The molecule has 0 radical (unpaired) electrons. The Morgan fingerprint density at radius 2 is 2.00 bits per heavy atom. The van der Waals surface area contributed by atoms with Gasteiger partial charge in [-0.15, -0.1) is 0 Å². The fraction of sp³-hybridized carbons (Fsp3) is 0.333. The predicted molar refractivity (Wildman–Crippen MR) is 62.1 cm³/mol. The molecule has 0 saturated heterocycles. The van der Waals surface area contributed by atoms with E-state index in [0.717, 1.165) is 22.8 Å². The molecule has 2 N–H and O–H groups in total. The van der Waals surface area contributed by atoms with Crippen LogP contribution in [0, 0.1) is 0 Å². The Morgan fingerprint density at radius 3 is 2.62 bits per heavy atom. The minimum Gasteiger partial charge on any atom is -0.496 e. The molecule has 1 heterocycles. The fourth-order valence-electron chi connectivity index (χ4n) is 1.59. The van der Waals surface area contributed by atoms with Crippen LogP contribution in [0.5, 0.6) is 17.2 Å². The Labute approximate surface area is 94.6 Å². The van der Waals surface area contributed by atoms with Gasteiger partial charge in [-0.2, -0.15) is 0 Å². The minimum absolute atomic E-state index is 0.498. The summed E-state index contributed by atoms with van der Waals surface area (Å²) in [6, 6.07) is 3.74. The molecule has 0 unspecified atom stereocenters. The van der Waals surface area contributed by atoms with Crippen molar-refractivity contribution in [3.63, 3.8) is 0 Å². The van der Waals surface area contributed by atoms with Gasteiger partial charge >= 0.3 is 0 Å². The number of nitrogens with two attached hydrogens (primary N) is 1. The van der Waals surface area contributed by atoms with Crippen LogP contribution < -0.4 is 19.9 Å². The third-order valence-corrected chi connectivity index (χ3v) is 2.33. The maximum absolute atomic E-state index is 5.50. The summed E-state index contributed by atoms with van der Waals surface area (Å²) < 4.78 is 16.3. The van der Waals surface area contributed by atoms with E-state index in [1.807, 2.05) is 24.3 Å². The van der Waals surface area contributed by atoms with Crippen LogP contribution in [0.15, 0.2) is 18.2 Å². The standard InChI is InChI=1S/C12H15NO3/c1-14-10-8-12-11(15-5-6-16-12)7-9(10)3-2-4-13/h2-3,7-8H,4-6,13H2,1H3/b3-2+. The van der Waals surface area contributed by atoms with Crippen molar-refractivity contribution < 1.29 is 14.2 Å². The smallest absolute Gasteiger partial charge is 0.165 e. The van der Waals surface area contributed by atoms with Crippen molar-refractivity contribution in [2.45, 2.75) is 0 Å². The lowest BCUT2D eigenvalue weighted by molar-refractivity contribution is 0.170. The molecule has 16 heavy (non-hydrogen) atoms. The highest BCUT2D eigenvalue weighted by Gasteiger charge is 2.14. The van der Waals surface area contributed by atoms with Crippen molar-refractivity contribution in [1.82, 2.24) is 0 Å². The molecule has 0 spiro atoms. The van der Waals surface area contributed by atoms with Gasteiger partial charge in [0.25, 0.3) is 0 Å². The van der Waals surface area contributed by atoms with Crippen LogP contribution >= 0.6 is 0 Å². The van der Waals surface area contributed by atoms with Crippen LogP contribution in [-0.4, -0.2) is 26.9 Å². The van der Waals surface area contributed by atoms with Gasteiger partial charge in [0, 0.05) is 18.2 Å². The quantitative estimate of drug-likeness (QED) is 0.839. The summed E-state index contributed by atoms with van der Waals surface area (Å²) in [5.74, 6) is 2.24. The Bertz CT molecular complexity index is 401. The minimum atomic E-state index is 0.498. The second-order valence-corrected chi connectivity index (χ2v) is 3.38. The molecule has 4 nitrogen and oxygen atoms in total. The van der Waals surface area contributed by atoms with E-state index in [2.05, 4.69) is 0 Å². The number of benzene rings is 1. The second-order valence-electron chi connectivity index (χ2n) is 3.38. The highest BCUT2D eigenvalue weighted by Crippen LogP contribution is 2.37. The lowest BCUT2D eigenvalue weighted by Gasteiger charge is -2.20. The van der Waals surface area contributed by atoms with Gasteiger partial charge in [0.15, 0.2) is 11.5 Å². The number of hydrogen-bond donors (Lipinski definition) is 1.